The predicted molar refractivity (Wildman–Crippen MR) is 30.0 cm³/mol. The molecule has 0 saturated carbocycles. The summed E-state index contributed by atoms with van der Waals surface area (Å²) in [6.45, 7) is 3.32. The summed E-state index contributed by atoms with van der Waals surface area (Å²) in [5.41, 5.74) is 0. The fourth-order valence-electron chi connectivity index (χ4n) is 0.233. The van der Waals surface area contributed by atoms with Crippen LogP contribution >= 0.6 is 8.03 Å². The molecule has 0 aromatic rings. The van der Waals surface area contributed by atoms with E-state index in [1.807, 2.05) is 0 Å². The van der Waals surface area contributed by atoms with Gasteiger partial charge < -0.3 is 14.2 Å². The molecule has 3 nitrogen and oxygen atoms in total. The van der Waals surface area contributed by atoms with Crippen LogP contribution in [0.3, 0.4) is 0 Å². The Bertz CT molecular complexity index is 114. The Labute approximate surface area is 77.3 Å². The van der Waals surface area contributed by atoms with Crippen molar-refractivity contribution in [1.82, 2.24) is 0 Å². The zero-order valence-electron chi connectivity index (χ0n) is 5.64. The number of ether oxygens (including phenoxy) is 1. The Balaban J connectivity index is 0. The molecule has 0 aliphatic carbocycles. The molecule has 48 valence electrons. The first-order chi connectivity index (χ1) is 3.66. The van der Waals surface area contributed by atoms with Crippen LogP contribution in [-0.2, 0) is 9.30 Å². The van der Waals surface area contributed by atoms with Crippen molar-refractivity contribution in [3.05, 3.63) is 12.3 Å². The van der Waals surface area contributed by atoms with E-state index in [1.54, 1.807) is 0 Å². The molecule has 1 unspecified atom stereocenters. The smallest absolute Gasteiger partial charge is 0.801 e. The van der Waals surface area contributed by atoms with Crippen LogP contribution in [0.2, 0.25) is 0 Å². The van der Waals surface area contributed by atoms with Crippen LogP contribution in [0.25, 0.3) is 0 Å². The second-order valence-electron chi connectivity index (χ2n) is 1.29. The van der Waals surface area contributed by atoms with Gasteiger partial charge in [0, 0.05) is 14.2 Å². The van der Waals surface area contributed by atoms with Gasteiger partial charge in [0.05, 0.1) is 12.9 Å². The van der Waals surface area contributed by atoms with Gasteiger partial charge in [-0.1, -0.05) is 6.58 Å². The molecular weight excluding hydrogens is 150 g/mol. The van der Waals surface area contributed by atoms with Gasteiger partial charge in [-0.2, -0.15) is 0 Å². The van der Waals surface area contributed by atoms with Crippen molar-refractivity contribution in [1.29, 1.82) is 0 Å². The Hall–Kier alpha value is 0.730. The van der Waals surface area contributed by atoms with E-state index in [2.05, 4.69) is 11.3 Å². The first-order valence-electron chi connectivity index (χ1n) is 2.08. The van der Waals surface area contributed by atoms with Crippen molar-refractivity contribution in [2.75, 3.05) is 13.3 Å². The zero-order valence-corrected chi connectivity index (χ0v) is 8.64. The van der Waals surface area contributed by atoms with Gasteiger partial charge in [0.25, 0.3) is 0 Å². The van der Waals surface area contributed by atoms with E-state index in [4.69, 9.17) is 0 Å². The molecular formula is C4H8NaO3P. The Morgan fingerprint density at radius 1 is 1.89 bits per heavy atom. The zero-order chi connectivity index (χ0) is 6.57. The van der Waals surface area contributed by atoms with Crippen LogP contribution < -0.4 is 34.5 Å². The average molecular weight is 158 g/mol. The maximum atomic E-state index is 9.90. The molecule has 0 fully saturated rings. The summed E-state index contributed by atoms with van der Waals surface area (Å²) in [4.78, 5) is 9.90. The predicted octanol–water partition coefficient (Wildman–Crippen LogP) is -3.01. The quantitative estimate of drug-likeness (QED) is 0.249. The molecule has 1 atom stereocenters. The van der Waals surface area contributed by atoms with Crippen molar-refractivity contribution in [2.45, 2.75) is 0 Å². The molecule has 0 radical (unpaired) electrons. The van der Waals surface area contributed by atoms with Crippen LogP contribution in [0.4, 0.5) is 0 Å². The molecule has 0 aliphatic heterocycles. The number of methoxy groups -OCH3 is 1. The van der Waals surface area contributed by atoms with E-state index in [9.17, 15) is 9.46 Å². The van der Waals surface area contributed by atoms with Crippen LogP contribution in [0.5, 0.6) is 0 Å². The Kier molecular flexibility index (Phi) is 9.44. The molecule has 0 spiro atoms. The van der Waals surface area contributed by atoms with Crippen LogP contribution in [0.15, 0.2) is 12.3 Å². The molecule has 0 bridgehead atoms. The summed E-state index contributed by atoms with van der Waals surface area (Å²) in [5, 5.41) is 0. The fraction of sp³-hybridized carbons (Fsp3) is 0.500. The Morgan fingerprint density at radius 3 is 2.44 bits per heavy atom. The molecule has 5 heteroatoms. The number of rotatable bonds is 3. The molecule has 0 saturated heterocycles. The number of hydrogen-bond acceptors (Lipinski definition) is 3. The van der Waals surface area contributed by atoms with Crippen molar-refractivity contribution >= 4 is 8.03 Å². The molecule has 0 rings (SSSR count). The maximum Gasteiger partial charge on any atom is 1.00 e. The summed E-state index contributed by atoms with van der Waals surface area (Å²) in [5.74, 6) is 0.295. The minimum Gasteiger partial charge on any atom is -0.801 e. The maximum absolute atomic E-state index is 9.90. The number of allylic oxidation sites excluding steroid dienone is 1. The summed E-state index contributed by atoms with van der Waals surface area (Å²) < 4.78 is 14.4. The minimum absolute atomic E-state index is 0. The molecule has 0 aliphatic rings. The topological polar surface area (TPSA) is 49.4 Å². The number of hydrogen-bond donors (Lipinski definition) is 0. The summed E-state index contributed by atoms with van der Waals surface area (Å²) in [6.07, 6.45) is -0.0405. The van der Waals surface area contributed by atoms with E-state index in [-0.39, 0.29) is 35.7 Å². The van der Waals surface area contributed by atoms with Gasteiger partial charge in [0.2, 0.25) is 0 Å². The minimum atomic E-state index is -2.67. The van der Waals surface area contributed by atoms with Crippen molar-refractivity contribution in [2.24, 2.45) is 0 Å². The molecule has 0 N–H and O–H groups in total. The third kappa shape index (κ3) is 8.73. The van der Waals surface area contributed by atoms with Gasteiger partial charge >= 0.3 is 29.6 Å². The standard InChI is InChI=1S/C4H9O3P.Na/c1-4(7-2)3-8(5)6;/h8H,1,3H2,2H3,(H,5,6);/q;+1/p-1. The fourth-order valence-corrected chi connectivity index (χ4v) is 0.699. The van der Waals surface area contributed by atoms with Gasteiger partial charge in [-0.25, -0.2) is 0 Å². The van der Waals surface area contributed by atoms with E-state index >= 15 is 0 Å². The second-order valence-corrected chi connectivity index (χ2v) is 2.39. The van der Waals surface area contributed by atoms with Gasteiger partial charge in [-0.05, 0) is 0 Å². The second kappa shape index (κ2) is 6.84. The van der Waals surface area contributed by atoms with Crippen LogP contribution in [-0.4, -0.2) is 13.3 Å². The van der Waals surface area contributed by atoms with Crippen molar-refractivity contribution < 1.29 is 43.8 Å². The normalized spacial score (nSPS) is 11.3. The van der Waals surface area contributed by atoms with Crippen LogP contribution in [0, 0.1) is 0 Å². The first kappa shape index (κ1) is 12.4. The van der Waals surface area contributed by atoms with E-state index in [0.29, 0.717) is 5.76 Å². The summed E-state index contributed by atoms with van der Waals surface area (Å²) in [7, 11) is -1.27. The Morgan fingerprint density at radius 2 is 2.33 bits per heavy atom. The van der Waals surface area contributed by atoms with E-state index in [1.165, 1.54) is 7.11 Å². The first-order valence-corrected chi connectivity index (χ1v) is 3.60. The molecule has 0 aromatic heterocycles. The van der Waals surface area contributed by atoms with Crippen LogP contribution in [0.1, 0.15) is 0 Å². The van der Waals surface area contributed by atoms with Gasteiger partial charge in [0.1, 0.15) is 0 Å². The SMILES string of the molecule is C=C(C[PH](=O)[O-])OC.[Na+]. The third-order valence-electron chi connectivity index (χ3n) is 0.630. The average Bonchev–Trinajstić information content (AvgIpc) is 1.65. The van der Waals surface area contributed by atoms with Gasteiger partial charge in [-0.3, -0.25) is 0 Å². The van der Waals surface area contributed by atoms with Crippen molar-refractivity contribution in [3.63, 3.8) is 0 Å². The summed E-state index contributed by atoms with van der Waals surface area (Å²) in [6, 6.07) is 0. The van der Waals surface area contributed by atoms with Gasteiger partial charge in [0.15, 0.2) is 0 Å². The van der Waals surface area contributed by atoms with Gasteiger partial charge in [-0.15, -0.1) is 0 Å². The van der Waals surface area contributed by atoms with E-state index < -0.39 is 8.03 Å². The summed E-state index contributed by atoms with van der Waals surface area (Å²) >= 11 is 0. The van der Waals surface area contributed by atoms with E-state index in [0.717, 1.165) is 0 Å². The molecule has 0 heterocycles. The molecule has 0 aromatic carbocycles. The largest absolute Gasteiger partial charge is 1.00 e. The third-order valence-corrected chi connectivity index (χ3v) is 1.31. The monoisotopic (exact) mass is 158 g/mol. The molecule has 0 amide bonds. The molecule has 9 heavy (non-hydrogen) atoms. The van der Waals surface area contributed by atoms with Crippen molar-refractivity contribution in [3.8, 4) is 0 Å².